The van der Waals surface area contributed by atoms with E-state index in [9.17, 15) is 9.59 Å². The molecule has 0 spiro atoms. The summed E-state index contributed by atoms with van der Waals surface area (Å²) in [7, 11) is 0. The van der Waals surface area contributed by atoms with Gasteiger partial charge in [0.2, 0.25) is 5.91 Å². The molecule has 2 aromatic rings. The zero-order chi connectivity index (χ0) is 20.1. The molecule has 6 nitrogen and oxygen atoms in total. The van der Waals surface area contributed by atoms with Crippen LogP contribution in [0.5, 0.6) is 0 Å². The summed E-state index contributed by atoms with van der Waals surface area (Å²) >= 11 is 0. The van der Waals surface area contributed by atoms with Crippen LogP contribution in [-0.4, -0.2) is 47.5 Å². The Balaban J connectivity index is 1.18. The molecule has 6 heteroatoms. The minimum absolute atomic E-state index is 0.136. The van der Waals surface area contributed by atoms with E-state index < -0.39 is 0 Å². The second-order valence-electron chi connectivity index (χ2n) is 8.43. The van der Waals surface area contributed by atoms with Crippen LogP contribution in [0.25, 0.3) is 10.9 Å². The van der Waals surface area contributed by atoms with E-state index in [4.69, 9.17) is 0 Å². The molecule has 1 saturated carbocycles. The Kier molecular flexibility index (Phi) is 6.37. The largest absolute Gasteiger partial charge is 0.361 e. The van der Waals surface area contributed by atoms with Crippen LogP contribution < -0.4 is 10.6 Å². The lowest BCUT2D eigenvalue weighted by molar-refractivity contribution is -0.132. The van der Waals surface area contributed by atoms with E-state index in [1.165, 1.54) is 35.7 Å². The van der Waals surface area contributed by atoms with Gasteiger partial charge in [-0.1, -0.05) is 37.5 Å². The van der Waals surface area contributed by atoms with Gasteiger partial charge in [0.15, 0.2) is 0 Å². The maximum absolute atomic E-state index is 12.5. The number of hydrogen-bond donors (Lipinski definition) is 3. The number of likely N-dealkylation sites (tertiary alicyclic amines) is 1. The van der Waals surface area contributed by atoms with Crippen molar-refractivity contribution < 1.29 is 9.59 Å². The molecular formula is C23H32N4O2. The van der Waals surface area contributed by atoms with Crippen LogP contribution in [0.2, 0.25) is 0 Å². The van der Waals surface area contributed by atoms with E-state index in [1.54, 1.807) is 0 Å². The Bertz CT molecular complexity index is 832. The van der Waals surface area contributed by atoms with Crippen LogP contribution in [0.4, 0.5) is 4.79 Å². The molecule has 0 radical (unpaired) electrons. The van der Waals surface area contributed by atoms with Gasteiger partial charge < -0.3 is 20.5 Å². The first kappa shape index (κ1) is 19.8. The van der Waals surface area contributed by atoms with Gasteiger partial charge in [0.1, 0.15) is 0 Å². The number of rotatable bonds is 5. The van der Waals surface area contributed by atoms with Crippen molar-refractivity contribution >= 4 is 22.8 Å². The zero-order valence-electron chi connectivity index (χ0n) is 17.1. The topological polar surface area (TPSA) is 77.2 Å². The highest BCUT2D eigenvalue weighted by Crippen LogP contribution is 2.33. The van der Waals surface area contributed by atoms with Gasteiger partial charge in [-0.3, -0.25) is 4.79 Å². The predicted molar refractivity (Wildman–Crippen MR) is 115 cm³/mol. The number of fused-ring (bicyclic) bond motifs is 1. The molecule has 1 aromatic carbocycles. The van der Waals surface area contributed by atoms with Crippen molar-refractivity contribution in [2.45, 2.75) is 63.3 Å². The van der Waals surface area contributed by atoms with E-state index in [0.717, 1.165) is 38.8 Å². The van der Waals surface area contributed by atoms with Gasteiger partial charge in [0.25, 0.3) is 0 Å². The minimum Gasteiger partial charge on any atom is -0.361 e. The number of benzene rings is 1. The number of urea groups is 1. The highest BCUT2D eigenvalue weighted by molar-refractivity contribution is 5.83. The summed E-state index contributed by atoms with van der Waals surface area (Å²) in [5.74, 6) is 0.634. The lowest BCUT2D eigenvalue weighted by Gasteiger charge is -2.32. The summed E-state index contributed by atoms with van der Waals surface area (Å²) in [4.78, 5) is 29.8. The second-order valence-corrected chi connectivity index (χ2v) is 8.43. The molecule has 3 amide bonds. The molecule has 1 aromatic heterocycles. The van der Waals surface area contributed by atoms with Crippen molar-refractivity contribution in [1.82, 2.24) is 20.5 Å². The number of nitrogens with one attached hydrogen (secondary N) is 3. The third kappa shape index (κ3) is 4.92. The number of piperidine rings is 1. The van der Waals surface area contributed by atoms with Gasteiger partial charge in [-0.05, 0) is 43.2 Å². The van der Waals surface area contributed by atoms with Crippen molar-refractivity contribution in [1.29, 1.82) is 0 Å². The van der Waals surface area contributed by atoms with Crippen LogP contribution in [-0.2, 0) is 4.79 Å². The molecular weight excluding hydrogens is 364 g/mol. The average molecular weight is 397 g/mol. The summed E-state index contributed by atoms with van der Waals surface area (Å²) in [6.45, 7) is 1.98. The normalized spacial score (nSPS) is 18.7. The van der Waals surface area contributed by atoms with Gasteiger partial charge in [0.05, 0.1) is 0 Å². The predicted octanol–water partition coefficient (Wildman–Crippen LogP) is 3.90. The molecule has 2 fully saturated rings. The monoisotopic (exact) mass is 396 g/mol. The fourth-order valence-corrected chi connectivity index (χ4v) is 4.80. The summed E-state index contributed by atoms with van der Waals surface area (Å²) in [5, 5.41) is 7.18. The lowest BCUT2D eigenvalue weighted by atomic mass is 9.89. The Labute approximate surface area is 172 Å². The highest BCUT2D eigenvalue weighted by Gasteiger charge is 2.25. The third-order valence-corrected chi connectivity index (χ3v) is 6.47. The van der Waals surface area contributed by atoms with E-state index >= 15 is 0 Å². The van der Waals surface area contributed by atoms with E-state index in [-0.39, 0.29) is 11.9 Å². The minimum atomic E-state index is -0.136. The second kappa shape index (κ2) is 9.33. The number of aromatic nitrogens is 1. The van der Waals surface area contributed by atoms with Gasteiger partial charge in [0, 0.05) is 49.2 Å². The fourth-order valence-electron chi connectivity index (χ4n) is 4.80. The van der Waals surface area contributed by atoms with Crippen molar-refractivity contribution in [3.63, 3.8) is 0 Å². The molecule has 1 aliphatic carbocycles. The maximum atomic E-state index is 12.5. The summed E-state index contributed by atoms with van der Waals surface area (Å²) in [6.07, 6.45) is 10.3. The molecule has 156 valence electrons. The van der Waals surface area contributed by atoms with Crippen LogP contribution >= 0.6 is 0 Å². The van der Waals surface area contributed by atoms with Crippen LogP contribution in [0.1, 0.15) is 62.8 Å². The van der Waals surface area contributed by atoms with E-state index in [0.29, 0.717) is 24.9 Å². The molecule has 0 atom stereocenters. The van der Waals surface area contributed by atoms with Gasteiger partial charge in [-0.25, -0.2) is 4.79 Å². The SMILES string of the molecule is O=C(NCCC(=O)N1CCC(c2c[nH]c3ccccc23)CC1)NC1CCCCC1. The Morgan fingerprint density at radius 2 is 1.79 bits per heavy atom. The van der Waals surface area contributed by atoms with Crippen molar-refractivity contribution in [3.05, 3.63) is 36.0 Å². The molecule has 0 unspecified atom stereocenters. The molecule has 1 saturated heterocycles. The molecule has 0 bridgehead atoms. The molecule has 4 rings (SSSR count). The first-order valence-corrected chi connectivity index (χ1v) is 11.1. The first-order valence-electron chi connectivity index (χ1n) is 11.1. The lowest BCUT2D eigenvalue weighted by Crippen LogP contribution is -2.44. The van der Waals surface area contributed by atoms with Gasteiger partial charge >= 0.3 is 6.03 Å². The van der Waals surface area contributed by atoms with Crippen LogP contribution in [0.15, 0.2) is 30.5 Å². The number of hydrogen-bond acceptors (Lipinski definition) is 2. The van der Waals surface area contributed by atoms with Crippen LogP contribution in [0, 0.1) is 0 Å². The fraction of sp³-hybridized carbons (Fsp3) is 0.565. The van der Waals surface area contributed by atoms with E-state index in [1.807, 2.05) is 11.0 Å². The first-order chi connectivity index (χ1) is 14.2. The Morgan fingerprint density at radius 3 is 2.59 bits per heavy atom. The molecule has 29 heavy (non-hydrogen) atoms. The smallest absolute Gasteiger partial charge is 0.315 e. The maximum Gasteiger partial charge on any atom is 0.315 e. The quantitative estimate of drug-likeness (QED) is 0.717. The summed E-state index contributed by atoms with van der Waals surface area (Å²) < 4.78 is 0. The molecule has 1 aliphatic heterocycles. The summed E-state index contributed by atoms with van der Waals surface area (Å²) in [5.41, 5.74) is 2.55. The number of carbonyl (C=O) groups excluding carboxylic acids is 2. The van der Waals surface area contributed by atoms with Crippen molar-refractivity contribution in [2.75, 3.05) is 19.6 Å². The highest BCUT2D eigenvalue weighted by atomic mass is 16.2. The zero-order valence-corrected chi connectivity index (χ0v) is 17.1. The van der Waals surface area contributed by atoms with Gasteiger partial charge in [-0.15, -0.1) is 0 Å². The summed E-state index contributed by atoms with van der Waals surface area (Å²) in [6, 6.07) is 8.56. The molecule has 2 aliphatic rings. The Morgan fingerprint density at radius 1 is 1.03 bits per heavy atom. The number of para-hydroxylation sites is 1. The Hall–Kier alpha value is -2.50. The number of aromatic amines is 1. The number of H-pyrrole nitrogens is 1. The van der Waals surface area contributed by atoms with Crippen molar-refractivity contribution in [2.24, 2.45) is 0 Å². The average Bonchev–Trinajstić information content (AvgIpc) is 3.19. The molecule has 2 heterocycles. The molecule has 3 N–H and O–H groups in total. The third-order valence-electron chi connectivity index (χ3n) is 6.47. The standard InChI is InChI=1S/C23H32N4O2/c28-22(10-13-24-23(29)26-18-6-2-1-3-7-18)27-14-11-17(12-15-27)20-16-25-21-9-5-4-8-19(20)21/h4-5,8-9,16-18,25H,1-3,6-7,10-15H2,(H2,24,26,29). The van der Waals surface area contributed by atoms with Crippen LogP contribution in [0.3, 0.4) is 0 Å². The van der Waals surface area contributed by atoms with Gasteiger partial charge in [-0.2, -0.15) is 0 Å². The number of amides is 3. The number of carbonyl (C=O) groups is 2. The van der Waals surface area contributed by atoms with E-state index in [2.05, 4.69) is 40.0 Å². The van der Waals surface area contributed by atoms with Crippen molar-refractivity contribution in [3.8, 4) is 0 Å². The number of nitrogens with zero attached hydrogens (tertiary/aromatic N) is 1.